The standard InChI is InChI=1S/C12H10N2OS/c1-8-14-12(11(7-13)16-8)9-4-3-5-10(6-9)15-2/h3-6H,1-2H3. The van der Waals surface area contributed by atoms with Gasteiger partial charge in [0.15, 0.2) is 0 Å². The maximum absolute atomic E-state index is 9.01. The number of hydrogen-bond acceptors (Lipinski definition) is 4. The minimum atomic E-state index is 0.644. The van der Waals surface area contributed by atoms with Crippen LogP contribution in [0.15, 0.2) is 24.3 Å². The fraction of sp³-hybridized carbons (Fsp3) is 0.167. The Bertz CT molecular complexity index is 554. The molecule has 0 amide bonds. The van der Waals surface area contributed by atoms with Crippen molar-refractivity contribution in [1.29, 1.82) is 5.26 Å². The summed E-state index contributed by atoms with van der Waals surface area (Å²) in [7, 11) is 1.62. The van der Waals surface area contributed by atoms with Crippen molar-refractivity contribution in [2.45, 2.75) is 6.92 Å². The van der Waals surface area contributed by atoms with Gasteiger partial charge in [-0.25, -0.2) is 4.98 Å². The van der Waals surface area contributed by atoms with E-state index in [0.29, 0.717) is 4.88 Å². The Labute approximate surface area is 97.9 Å². The lowest BCUT2D eigenvalue weighted by atomic mass is 10.1. The van der Waals surface area contributed by atoms with Gasteiger partial charge < -0.3 is 4.74 Å². The summed E-state index contributed by atoms with van der Waals surface area (Å²) in [6, 6.07) is 9.74. The first-order valence-electron chi connectivity index (χ1n) is 4.76. The summed E-state index contributed by atoms with van der Waals surface area (Å²) in [5.41, 5.74) is 1.66. The van der Waals surface area contributed by atoms with Gasteiger partial charge in [-0.2, -0.15) is 5.26 Å². The van der Waals surface area contributed by atoms with Gasteiger partial charge in [-0.3, -0.25) is 0 Å². The number of thiazole rings is 1. The molecule has 1 aromatic heterocycles. The fourth-order valence-electron chi connectivity index (χ4n) is 1.47. The van der Waals surface area contributed by atoms with Crippen LogP contribution in [-0.4, -0.2) is 12.1 Å². The van der Waals surface area contributed by atoms with E-state index >= 15 is 0 Å². The van der Waals surface area contributed by atoms with Gasteiger partial charge >= 0.3 is 0 Å². The smallest absolute Gasteiger partial charge is 0.132 e. The topological polar surface area (TPSA) is 45.9 Å². The Morgan fingerprint density at radius 1 is 1.44 bits per heavy atom. The van der Waals surface area contributed by atoms with E-state index in [2.05, 4.69) is 11.1 Å². The Hall–Kier alpha value is -1.86. The maximum Gasteiger partial charge on any atom is 0.132 e. The van der Waals surface area contributed by atoms with Crippen LogP contribution in [0.4, 0.5) is 0 Å². The van der Waals surface area contributed by atoms with Crippen LogP contribution >= 0.6 is 11.3 Å². The van der Waals surface area contributed by atoms with Crippen LogP contribution in [0.5, 0.6) is 5.75 Å². The first kappa shape index (κ1) is 10.7. The van der Waals surface area contributed by atoms with Crippen molar-refractivity contribution in [2.24, 2.45) is 0 Å². The average Bonchev–Trinajstić information content (AvgIpc) is 2.70. The number of ether oxygens (including phenoxy) is 1. The molecule has 0 aliphatic carbocycles. The zero-order chi connectivity index (χ0) is 11.5. The molecule has 0 fully saturated rings. The maximum atomic E-state index is 9.01. The van der Waals surface area contributed by atoms with Crippen LogP contribution in [0.25, 0.3) is 11.3 Å². The quantitative estimate of drug-likeness (QED) is 0.796. The van der Waals surface area contributed by atoms with Crippen molar-refractivity contribution in [3.63, 3.8) is 0 Å². The Morgan fingerprint density at radius 2 is 2.25 bits per heavy atom. The summed E-state index contributed by atoms with van der Waals surface area (Å²) in [4.78, 5) is 5.01. The molecule has 2 aromatic rings. The zero-order valence-corrected chi connectivity index (χ0v) is 9.84. The first-order chi connectivity index (χ1) is 7.74. The number of methoxy groups -OCH3 is 1. The molecule has 0 N–H and O–H groups in total. The Balaban J connectivity index is 2.54. The second-order valence-corrected chi connectivity index (χ2v) is 4.46. The van der Waals surface area contributed by atoms with Crippen molar-refractivity contribution in [1.82, 2.24) is 4.98 Å². The lowest BCUT2D eigenvalue weighted by Crippen LogP contribution is -1.85. The highest BCUT2D eigenvalue weighted by Gasteiger charge is 2.11. The molecule has 0 aliphatic heterocycles. The molecule has 16 heavy (non-hydrogen) atoms. The van der Waals surface area contributed by atoms with Crippen LogP contribution in [0.1, 0.15) is 9.88 Å². The van der Waals surface area contributed by atoms with E-state index in [9.17, 15) is 0 Å². The number of aromatic nitrogens is 1. The molecule has 1 heterocycles. The molecular weight excluding hydrogens is 220 g/mol. The van der Waals surface area contributed by atoms with Crippen LogP contribution < -0.4 is 4.74 Å². The van der Waals surface area contributed by atoms with Gasteiger partial charge in [0.25, 0.3) is 0 Å². The van der Waals surface area contributed by atoms with E-state index in [4.69, 9.17) is 10.00 Å². The van der Waals surface area contributed by atoms with E-state index in [1.165, 1.54) is 11.3 Å². The molecule has 0 spiro atoms. The van der Waals surface area contributed by atoms with Gasteiger partial charge in [-0.1, -0.05) is 12.1 Å². The number of hydrogen-bond donors (Lipinski definition) is 0. The molecule has 80 valence electrons. The molecule has 0 unspecified atom stereocenters. The zero-order valence-electron chi connectivity index (χ0n) is 9.02. The highest BCUT2D eigenvalue weighted by Crippen LogP contribution is 2.29. The lowest BCUT2D eigenvalue weighted by Gasteiger charge is -2.01. The number of rotatable bonds is 2. The van der Waals surface area contributed by atoms with Gasteiger partial charge in [-0.15, -0.1) is 11.3 Å². The van der Waals surface area contributed by atoms with Crippen LogP contribution in [-0.2, 0) is 0 Å². The summed E-state index contributed by atoms with van der Waals surface area (Å²) >= 11 is 1.41. The van der Waals surface area contributed by atoms with Gasteiger partial charge in [0.2, 0.25) is 0 Å². The molecule has 0 aliphatic rings. The van der Waals surface area contributed by atoms with Gasteiger partial charge in [0.05, 0.1) is 17.8 Å². The van der Waals surface area contributed by atoms with Crippen molar-refractivity contribution in [2.75, 3.05) is 7.11 Å². The molecule has 1 aromatic carbocycles. The van der Waals surface area contributed by atoms with Crippen LogP contribution in [0.2, 0.25) is 0 Å². The minimum absolute atomic E-state index is 0.644. The summed E-state index contributed by atoms with van der Waals surface area (Å²) in [5.74, 6) is 0.770. The monoisotopic (exact) mass is 230 g/mol. The third kappa shape index (κ3) is 1.90. The molecule has 0 saturated carbocycles. The fourth-order valence-corrected chi connectivity index (χ4v) is 2.21. The normalized spacial score (nSPS) is 9.81. The molecule has 0 saturated heterocycles. The highest BCUT2D eigenvalue weighted by molar-refractivity contribution is 7.12. The minimum Gasteiger partial charge on any atom is -0.497 e. The summed E-state index contributed by atoms with van der Waals surface area (Å²) in [5, 5.41) is 9.91. The van der Waals surface area contributed by atoms with E-state index in [1.807, 2.05) is 31.2 Å². The molecule has 4 heteroatoms. The van der Waals surface area contributed by atoms with Crippen molar-refractivity contribution in [3.8, 4) is 23.1 Å². The third-order valence-corrected chi connectivity index (χ3v) is 3.05. The molecule has 0 radical (unpaired) electrons. The van der Waals surface area contributed by atoms with E-state index in [1.54, 1.807) is 7.11 Å². The van der Waals surface area contributed by atoms with E-state index in [-0.39, 0.29) is 0 Å². The van der Waals surface area contributed by atoms with E-state index < -0.39 is 0 Å². The summed E-state index contributed by atoms with van der Waals surface area (Å²) in [6.07, 6.45) is 0. The van der Waals surface area contributed by atoms with Crippen LogP contribution in [0.3, 0.4) is 0 Å². The number of nitriles is 1. The number of nitrogens with zero attached hydrogens (tertiary/aromatic N) is 2. The Kier molecular flexibility index (Phi) is 2.88. The van der Waals surface area contributed by atoms with Crippen LogP contribution in [0, 0.1) is 18.3 Å². The van der Waals surface area contributed by atoms with Gasteiger partial charge in [0.1, 0.15) is 16.7 Å². The van der Waals surface area contributed by atoms with Crippen molar-refractivity contribution < 1.29 is 4.74 Å². The predicted octanol–water partition coefficient (Wildman–Crippen LogP) is 3.00. The van der Waals surface area contributed by atoms with Gasteiger partial charge in [0, 0.05) is 5.56 Å². The molecule has 3 nitrogen and oxygen atoms in total. The molecule has 0 atom stereocenters. The lowest BCUT2D eigenvalue weighted by molar-refractivity contribution is 0.415. The summed E-state index contributed by atoms with van der Waals surface area (Å²) < 4.78 is 5.15. The Morgan fingerprint density at radius 3 is 2.94 bits per heavy atom. The summed E-state index contributed by atoms with van der Waals surface area (Å²) in [6.45, 7) is 1.90. The molecular formula is C12H10N2OS. The second-order valence-electron chi connectivity index (χ2n) is 3.25. The SMILES string of the molecule is COc1cccc(-c2nc(C)sc2C#N)c1. The highest BCUT2D eigenvalue weighted by atomic mass is 32.1. The predicted molar refractivity (Wildman–Crippen MR) is 63.6 cm³/mol. The van der Waals surface area contributed by atoms with E-state index in [0.717, 1.165) is 22.0 Å². The number of aryl methyl sites for hydroxylation is 1. The second kappa shape index (κ2) is 4.33. The van der Waals surface area contributed by atoms with Crippen molar-refractivity contribution in [3.05, 3.63) is 34.2 Å². The van der Waals surface area contributed by atoms with Gasteiger partial charge in [-0.05, 0) is 19.1 Å². The number of benzene rings is 1. The molecule has 2 rings (SSSR count). The molecule has 0 bridgehead atoms. The third-order valence-electron chi connectivity index (χ3n) is 2.18. The van der Waals surface area contributed by atoms with Crippen molar-refractivity contribution >= 4 is 11.3 Å². The largest absolute Gasteiger partial charge is 0.497 e. The average molecular weight is 230 g/mol. The first-order valence-corrected chi connectivity index (χ1v) is 5.58.